The Morgan fingerprint density at radius 1 is 1.13 bits per heavy atom. The van der Waals surface area contributed by atoms with Crippen LogP contribution in [0.4, 0.5) is 0 Å². The Hall–Kier alpha value is -2.82. The van der Waals surface area contributed by atoms with Gasteiger partial charge in [0, 0.05) is 39.1 Å². The zero-order valence-corrected chi connectivity index (χ0v) is 17.4. The van der Waals surface area contributed by atoms with E-state index < -0.39 is 0 Å². The number of amides is 2. The van der Waals surface area contributed by atoms with Crippen LogP contribution in [0.15, 0.2) is 23.4 Å². The number of carbonyl (C=O) groups is 2. The summed E-state index contributed by atoms with van der Waals surface area (Å²) in [5, 5.41) is 11.8. The van der Waals surface area contributed by atoms with Crippen LogP contribution in [0, 0.1) is 5.92 Å². The highest BCUT2D eigenvalue weighted by Gasteiger charge is 2.46. The van der Waals surface area contributed by atoms with Crippen molar-refractivity contribution in [3.63, 3.8) is 0 Å². The highest BCUT2D eigenvalue weighted by atomic mass is 32.2. The average molecular weight is 430 g/mol. The van der Waals surface area contributed by atoms with E-state index in [2.05, 4.69) is 15.5 Å². The van der Waals surface area contributed by atoms with Gasteiger partial charge in [0.05, 0.1) is 5.75 Å². The number of nitrogens with zero attached hydrogens (tertiary/aromatic N) is 6. The number of tetrazole rings is 1. The average Bonchev–Trinajstić information content (AvgIpc) is 3.24. The Bertz CT molecular complexity index is 974. The molecule has 0 bridgehead atoms. The molecule has 0 N–H and O–H groups in total. The minimum atomic E-state index is 0.0200. The van der Waals surface area contributed by atoms with E-state index in [9.17, 15) is 9.59 Å². The molecule has 1 aliphatic carbocycles. The molecule has 11 heteroatoms. The van der Waals surface area contributed by atoms with Gasteiger partial charge in [-0.05, 0) is 40.5 Å². The van der Waals surface area contributed by atoms with Gasteiger partial charge < -0.3 is 19.3 Å². The molecule has 2 fully saturated rings. The Balaban J connectivity index is 1.10. The fourth-order valence-electron chi connectivity index (χ4n) is 3.95. The lowest BCUT2D eigenvalue weighted by Crippen LogP contribution is -2.51. The molecule has 3 heterocycles. The van der Waals surface area contributed by atoms with Crippen molar-refractivity contribution in [3.8, 4) is 11.5 Å². The van der Waals surface area contributed by atoms with E-state index in [1.165, 1.54) is 11.8 Å². The maximum absolute atomic E-state index is 12.9. The summed E-state index contributed by atoms with van der Waals surface area (Å²) in [5.74, 6) is 2.29. The Kier molecular flexibility index (Phi) is 4.97. The molecule has 2 aliphatic heterocycles. The lowest BCUT2D eigenvalue weighted by atomic mass is 10.1. The van der Waals surface area contributed by atoms with E-state index in [4.69, 9.17) is 9.47 Å². The standard InChI is InChI=1S/C19H22N6O4S/c1-23-19(20-21-22-23)30-10-17(26)24-4-6-25(7-5-24)18(27)14-9-13(14)12-2-3-15-16(8-12)29-11-28-15/h2-3,8,13-14H,4-7,9-11H2,1H3. The van der Waals surface area contributed by atoms with Crippen molar-refractivity contribution in [1.82, 2.24) is 30.0 Å². The van der Waals surface area contributed by atoms with Gasteiger partial charge >= 0.3 is 0 Å². The van der Waals surface area contributed by atoms with Crippen molar-refractivity contribution in [1.29, 1.82) is 0 Å². The third-order valence-corrected chi connectivity index (χ3v) is 6.78. The van der Waals surface area contributed by atoms with Gasteiger partial charge in [0.25, 0.3) is 0 Å². The molecule has 3 aliphatic rings. The zero-order valence-electron chi connectivity index (χ0n) is 16.6. The number of hydrogen-bond acceptors (Lipinski definition) is 8. The van der Waals surface area contributed by atoms with Gasteiger partial charge in [0.1, 0.15) is 0 Å². The van der Waals surface area contributed by atoms with Gasteiger partial charge in [-0.1, -0.05) is 17.8 Å². The minimum absolute atomic E-state index is 0.0200. The van der Waals surface area contributed by atoms with E-state index in [1.807, 2.05) is 28.0 Å². The van der Waals surface area contributed by atoms with Crippen LogP contribution in [0.5, 0.6) is 11.5 Å². The summed E-state index contributed by atoms with van der Waals surface area (Å²) >= 11 is 1.32. The maximum Gasteiger partial charge on any atom is 0.233 e. The Labute approximate surface area is 177 Å². The van der Waals surface area contributed by atoms with E-state index in [0.717, 1.165) is 23.5 Å². The van der Waals surface area contributed by atoms with Crippen molar-refractivity contribution >= 4 is 23.6 Å². The summed E-state index contributed by atoms with van der Waals surface area (Å²) in [6.07, 6.45) is 0.861. The zero-order chi connectivity index (χ0) is 20.7. The predicted octanol–water partition coefficient (Wildman–Crippen LogP) is 0.505. The quantitative estimate of drug-likeness (QED) is 0.632. The molecule has 1 aromatic carbocycles. The van der Waals surface area contributed by atoms with Gasteiger partial charge in [0.2, 0.25) is 23.8 Å². The van der Waals surface area contributed by atoms with Gasteiger partial charge in [-0.3, -0.25) is 9.59 Å². The summed E-state index contributed by atoms with van der Waals surface area (Å²) < 4.78 is 12.3. The number of rotatable bonds is 5. The topological polar surface area (TPSA) is 103 Å². The fourth-order valence-corrected chi connectivity index (χ4v) is 4.70. The van der Waals surface area contributed by atoms with Crippen LogP contribution in [-0.4, -0.2) is 80.5 Å². The molecule has 0 spiro atoms. The van der Waals surface area contributed by atoms with Crippen molar-refractivity contribution in [2.45, 2.75) is 17.5 Å². The molecule has 158 valence electrons. The van der Waals surface area contributed by atoms with Crippen LogP contribution in [-0.2, 0) is 16.6 Å². The molecule has 10 nitrogen and oxygen atoms in total. The number of hydrogen-bond donors (Lipinski definition) is 0. The summed E-state index contributed by atoms with van der Waals surface area (Å²) in [6.45, 7) is 2.52. The van der Waals surface area contributed by atoms with Gasteiger partial charge in [-0.25, -0.2) is 4.68 Å². The van der Waals surface area contributed by atoms with Crippen LogP contribution >= 0.6 is 11.8 Å². The first kappa shape index (κ1) is 19.2. The normalized spacial score (nSPS) is 22.3. The van der Waals surface area contributed by atoms with Crippen molar-refractivity contribution in [2.24, 2.45) is 13.0 Å². The molecule has 1 aromatic heterocycles. The summed E-state index contributed by atoms with van der Waals surface area (Å²) in [4.78, 5) is 29.1. The lowest BCUT2D eigenvalue weighted by Gasteiger charge is -2.35. The predicted molar refractivity (Wildman–Crippen MR) is 106 cm³/mol. The Morgan fingerprint density at radius 2 is 1.90 bits per heavy atom. The summed E-state index contributed by atoms with van der Waals surface area (Å²) in [5.41, 5.74) is 1.13. The molecule has 0 radical (unpaired) electrons. The molecule has 2 amide bonds. The van der Waals surface area contributed by atoms with Crippen LogP contribution in [0.3, 0.4) is 0 Å². The highest BCUT2D eigenvalue weighted by molar-refractivity contribution is 7.99. The number of carbonyl (C=O) groups excluding carboxylic acids is 2. The van der Waals surface area contributed by atoms with Crippen LogP contribution in [0.1, 0.15) is 17.9 Å². The monoisotopic (exact) mass is 430 g/mol. The van der Waals surface area contributed by atoms with Gasteiger partial charge in [0.15, 0.2) is 11.5 Å². The summed E-state index contributed by atoms with van der Waals surface area (Å²) in [6, 6.07) is 5.92. The largest absolute Gasteiger partial charge is 0.454 e. The SMILES string of the molecule is Cn1nnnc1SCC(=O)N1CCN(C(=O)C2CC2c2ccc3c(c2)OCO3)CC1. The molecule has 1 saturated carbocycles. The van der Waals surface area contributed by atoms with E-state index >= 15 is 0 Å². The number of piperazine rings is 1. The second kappa shape index (κ2) is 7.78. The second-order valence-corrected chi connectivity index (χ2v) is 8.58. The van der Waals surface area contributed by atoms with Gasteiger partial charge in [-0.2, -0.15) is 0 Å². The molecule has 2 unspecified atom stereocenters. The number of ether oxygens (including phenoxy) is 2. The van der Waals surface area contributed by atoms with Gasteiger partial charge in [-0.15, -0.1) is 5.10 Å². The third-order valence-electron chi connectivity index (χ3n) is 5.78. The molecule has 2 aromatic rings. The smallest absolute Gasteiger partial charge is 0.233 e. The number of aromatic nitrogens is 4. The fraction of sp³-hybridized carbons (Fsp3) is 0.526. The van der Waals surface area contributed by atoms with Crippen LogP contribution in [0.25, 0.3) is 0 Å². The van der Waals surface area contributed by atoms with Crippen molar-refractivity contribution < 1.29 is 19.1 Å². The van der Waals surface area contributed by atoms with E-state index in [1.54, 1.807) is 11.7 Å². The first-order valence-corrected chi connectivity index (χ1v) is 10.9. The second-order valence-electron chi connectivity index (χ2n) is 7.64. The third kappa shape index (κ3) is 3.69. The molecule has 1 saturated heterocycles. The first-order chi connectivity index (χ1) is 14.6. The van der Waals surface area contributed by atoms with Crippen molar-refractivity contribution in [3.05, 3.63) is 23.8 Å². The molecule has 2 atom stereocenters. The number of benzene rings is 1. The number of thioether (sulfide) groups is 1. The van der Waals surface area contributed by atoms with E-state index in [0.29, 0.717) is 31.3 Å². The molecule has 30 heavy (non-hydrogen) atoms. The molecule has 5 rings (SSSR count). The number of fused-ring (bicyclic) bond motifs is 1. The molecular formula is C19H22N6O4S. The lowest BCUT2D eigenvalue weighted by molar-refractivity contribution is -0.139. The summed E-state index contributed by atoms with van der Waals surface area (Å²) in [7, 11) is 1.74. The van der Waals surface area contributed by atoms with Crippen molar-refractivity contribution in [2.75, 3.05) is 38.7 Å². The van der Waals surface area contributed by atoms with E-state index in [-0.39, 0.29) is 36.2 Å². The highest BCUT2D eigenvalue weighted by Crippen LogP contribution is 2.50. The molecular weight excluding hydrogens is 408 g/mol. The first-order valence-electron chi connectivity index (χ1n) is 9.91. The Morgan fingerprint density at radius 3 is 2.67 bits per heavy atom. The maximum atomic E-state index is 12.9. The number of aryl methyl sites for hydroxylation is 1. The van der Waals surface area contributed by atoms with Crippen LogP contribution in [0.2, 0.25) is 0 Å². The van der Waals surface area contributed by atoms with Crippen LogP contribution < -0.4 is 9.47 Å². The minimum Gasteiger partial charge on any atom is -0.454 e.